The van der Waals surface area contributed by atoms with E-state index in [0.29, 0.717) is 13.0 Å². The van der Waals surface area contributed by atoms with Crippen LogP contribution in [0.25, 0.3) is 0 Å². The van der Waals surface area contributed by atoms with Crippen molar-refractivity contribution in [1.82, 2.24) is 0 Å². The Hall–Kier alpha value is -1.23. The molecule has 108 valence electrons. The SMILES string of the molecule is CC1(C)O[C@@H]2[C@@H](OCc3ccccc3)[C@@H](C=O)C[C@@H]2O1. The number of hydrogen-bond acceptors (Lipinski definition) is 4. The van der Waals surface area contributed by atoms with Crippen LogP contribution in [0.5, 0.6) is 0 Å². The van der Waals surface area contributed by atoms with Crippen LogP contribution < -0.4 is 0 Å². The van der Waals surface area contributed by atoms with Gasteiger partial charge in [0.25, 0.3) is 0 Å². The third-order valence-corrected chi connectivity index (χ3v) is 3.93. The first-order chi connectivity index (χ1) is 9.59. The van der Waals surface area contributed by atoms with Crippen molar-refractivity contribution in [2.24, 2.45) is 5.92 Å². The van der Waals surface area contributed by atoms with Gasteiger partial charge in [0.1, 0.15) is 12.4 Å². The van der Waals surface area contributed by atoms with Crippen LogP contribution in [0, 0.1) is 5.92 Å². The maximum absolute atomic E-state index is 11.2. The van der Waals surface area contributed by atoms with Gasteiger partial charge in [-0.25, -0.2) is 0 Å². The summed E-state index contributed by atoms with van der Waals surface area (Å²) in [5.74, 6) is -0.734. The highest BCUT2D eigenvalue weighted by atomic mass is 16.8. The zero-order chi connectivity index (χ0) is 14.2. The minimum Gasteiger partial charge on any atom is -0.370 e. The zero-order valence-electron chi connectivity index (χ0n) is 11.8. The highest BCUT2D eigenvalue weighted by Gasteiger charge is 2.53. The average Bonchev–Trinajstić information content (AvgIpc) is 2.89. The lowest BCUT2D eigenvalue weighted by molar-refractivity contribution is -0.174. The number of hydrogen-bond donors (Lipinski definition) is 0. The summed E-state index contributed by atoms with van der Waals surface area (Å²) in [6.07, 6.45) is 1.23. The third kappa shape index (κ3) is 2.64. The highest BCUT2D eigenvalue weighted by molar-refractivity contribution is 5.56. The van der Waals surface area contributed by atoms with Crippen LogP contribution in [0.3, 0.4) is 0 Å². The molecule has 0 N–H and O–H groups in total. The van der Waals surface area contributed by atoms with Crippen molar-refractivity contribution in [1.29, 1.82) is 0 Å². The Bertz CT molecular complexity index is 471. The van der Waals surface area contributed by atoms with Crippen molar-refractivity contribution < 1.29 is 19.0 Å². The lowest BCUT2D eigenvalue weighted by Gasteiger charge is -2.24. The largest absolute Gasteiger partial charge is 0.370 e. The summed E-state index contributed by atoms with van der Waals surface area (Å²) in [7, 11) is 0. The predicted molar refractivity (Wildman–Crippen MR) is 73.0 cm³/mol. The molecule has 1 heterocycles. The van der Waals surface area contributed by atoms with Crippen molar-refractivity contribution in [2.45, 2.75) is 51.0 Å². The molecule has 1 aromatic rings. The third-order valence-electron chi connectivity index (χ3n) is 3.93. The van der Waals surface area contributed by atoms with Crippen LogP contribution in [-0.4, -0.2) is 30.4 Å². The van der Waals surface area contributed by atoms with Crippen molar-refractivity contribution >= 4 is 6.29 Å². The van der Waals surface area contributed by atoms with Gasteiger partial charge < -0.3 is 19.0 Å². The van der Waals surface area contributed by atoms with Gasteiger partial charge in [0.15, 0.2) is 5.79 Å². The molecule has 0 spiro atoms. The van der Waals surface area contributed by atoms with Crippen LogP contribution in [-0.2, 0) is 25.6 Å². The van der Waals surface area contributed by atoms with E-state index in [0.717, 1.165) is 11.8 Å². The van der Waals surface area contributed by atoms with Crippen molar-refractivity contribution in [3.8, 4) is 0 Å². The quantitative estimate of drug-likeness (QED) is 0.792. The number of rotatable bonds is 4. The van der Waals surface area contributed by atoms with Crippen molar-refractivity contribution in [2.75, 3.05) is 0 Å². The van der Waals surface area contributed by atoms with Gasteiger partial charge in [0.05, 0.1) is 18.8 Å². The molecular formula is C16H20O4. The van der Waals surface area contributed by atoms with Gasteiger partial charge in [-0.05, 0) is 25.8 Å². The molecule has 1 aliphatic carbocycles. The Morgan fingerprint density at radius 2 is 2.05 bits per heavy atom. The molecule has 4 atom stereocenters. The molecule has 1 saturated carbocycles. The minimum absolute atomic E-state index is 0.0408. The fraction of sp³-hybridized carbons (Fsp3) is 0.562. The maximum Gasteiger partial charge on any atom is 0.163 e. The van der Waals surface area contributed by atoms with Gasteiger partial charge in [-0.1, -0.05) is 30.3 Å². The molecule has 2 fully saturated rings. The van der Waals surface area contributed by atoms with Gasteiger partial charge in [-0.3, -0.25) is 0 Å². The Balaban J connectivity index is 1.68. The number of benzene rings is 1. The second-order valence-corrected chi connectivity index (χ2v) is 5.94. The van der Waals surface area contributed by atoms with Crippen LogP contribution in [0.4, 0.5) is 0 Å². The number of carbonyl (C=O) groups is 1. The Morgan fingerprint density at radius 3 is 2.75 bits per heavy atom. The molecule has 0 bridgehead atoms. The molecule has 20 heavy (non-hydrogen) atoms. The number of ether oxygens (including phenoxy) is 3. The molecule has 1 aromatic carbocycles. The monoisotopic (exact) mass is 276 g/mol. The van der Waals surface area contributed by atoms with E-state index in [9.17, 15) is 4.79 Å². The zero-order valence-corrected chi connectivity index (χ0v) is 11.8. The summed E-state index contributed by atoms with van der Waals surface area (Å²) >= 11 is 0. The molecule has 1 aliphatic heterocycles. The molecule has 0 aromatic heterocycles. The molecule has 2 aliphatic rings. The molecule has 4 nitrogen and oxygen atoms in total. The minimum atomic E-state index is -0.586. The van der Waals surface area contributed by atoms with Crippen LogP contribution in [0.1, 0.15) is 25.8 Å². The average molecular weight is 276 g/mol. The Morgan fingerprint density at radius 1 is 1.30 bits per heavy atom. The maximum atomic E-state index is 11.2. The second-order valence-electron chi connectivity index (χ2n) is 5.94. The van der Waals surface area contributed by atoms with E-state index in [1.807, 2.05) is 44.2 Å². The topological polar surface area (TPSA) is 44.8 Å². The summed E-state index contributed by atoms with van der Waals surface area (Å²) < 4.78 is 17.7. The first-order valence-corrected chi connectivity index (χ1v) is 7.05. The fourth-order valence-electron chi connectivity index (χ4n) is 3.09. The van der Waals surface area contributed by atoms with Gasteiger partial charge >= 0.3 is 0 Å². The molecule has 0 amide bonds. The van der Waals surface area contributed by atoms with Gasteiger partial charge in [0.2, 0.25) is 0 Å². The smallest absolute Gasteiger partial charge is 0.163 e. The van der Waals surface area contributed by atoms with Crippen LogP contribution >= 0.6 is 0 Å². The summed E-state index contributed by atoms with van der Waals surface area (Å²) in [5, 5.41) is 0. The van der Waals surface area contributed by atoms with E-state index in [1.165, 1.54) is 0 Å². The molecule has 0 radical (unpaired) electrons. The second kappa shape index (κ2) is 5.28. The van der Waals surface area contributed by atoms with E-state index < -0.39 is 5.79 Å². The van der Waals surface area contributed by atoms with E-state index in [2.05, 4.69) is 0 Å². The van der Waals surface area contributed by atoms with Gasteiger partial charge in [-0.2, -0.15) is 0 Å². The lowest BCUT2D eigenvalue weighted by atomic mass is 10.1. The molecule has 1 saturated heterocycles. The van der Waals surface area contributed by atoms with E-state index in [4.69, 9.17) is 14.2 Å². The van der Waals surface area contributed by atoms with Crippen molar-refractivity contribution in [3.63, 3.8) is 0 Å². The molecular weight excluding hydrogens is 256 g/mol. The number of carbonyl (C=O) groups excluding carboxylic acids is 1. The standard InChI is InChI=1S/C16H20O4/c1-16(2)19-13-8-12(9-17)14(15(13)20-16)18-10-11-6-4-3-5-7-11/h3-7,9,12-15H,8,10H2,1-2H3/t12-,13+,14+,15+/m1/s1. The highest BCUT2D eigenvalue weighted by Crippen LogP contribution is 2.42. The summed E-state index contributed by atoms with van der Waals surface area (Å²) in [4.78, 5) is 11.2. The van der Waals surface area contributed by atoms with E-state index in [-0.39, 0.29) is 24.2 Å². The summed E-state index contributed by atoms with van der Waals surface area (Å²) in [6.45, 7) is 4.29. The normalized spacial score (nSPS) is 34.9. The van der Waals surface area contributed by atoms with Gasteiger partial charge in [0, 0.05) is 5.92 Å². The first-order valence-electron chi connectivity index (χ1n) is 7.05. The Labute approximate surface area is 119 Å². The number of aldehydes is 1. The van der Waals surface area contributed by atoms with Crippen LogP contribution in [0.2, 0.25) is 0 Å². The number of fused-ring (bicyclic) bond motifs is 1. The molecule has 0 unspecified atom stereocenters. The summed E-state index contributed by atoms with van der Waals surface area (Å²) in [5.41, 5.74) is 1.10. The van der Waals surface area contributed by atoms with E-state index >= 15 is 0 Å². The van der Waals surface area contributed by atoms with Gasteiger partial charge in [-0.15, -0.1) is 0 Å². The summed E-state index contributed by atoms with van der Waals surface area (Å²) in [6, 6.07) is 9.95. The van der Waals surface area contributed by atoms with E-state index in [1.54, 1.807) is 0 Å². The predicted octanol–water partition coefficient (Wildman–Crippen LogP) is 2.31. The molecule has 3 rings (SSSR count). The Kier molecular flexibility index (Phi) is 3.63. The fourth-order valence-corrected chi connectivity index (χ4v) is 3.09. The first kappa shape index (κ1) is 13.7. The molecule has 4 heteroatoms. The van der Waals surface area contributed by atoms with Crippen molar-refractivity contribution in [3.05, 3.63) is 35.9 Å². The van der Waals surface area contributed by atoms with Crippen LogP contribution in [0.15, 0.2) is 30.3 Å². The lowest BCUT2D eigenvalue weighted by Crippen LogP contribution is -2.34.